The van der Waals surface area contributed by atoms with Crippen LogP contribution in [0.5, 0.6) is 0 Å². The maximum Gasteiger partial charge on any atom is 0.433 e. The van der Waals surface area contributed by atoms with Gasteiger partial charge in [0.15, 0.2) is 0 Å². The topological polar surface area (TPSA) is 91.8 Å². The summed E-state index contributed by atoms with van der Waals surface area (Å²) in [6.45, 7) is 3.18. The summed E-state index contributed by atoms with van der Waals surface area (Å²) in [5, 5.41) is 9.99. The minimum Gasteiger partial charge on any atom is -0.352 e. The molecular formula is C21H21F3N6OS. The smallest absolute Gasteiger partial charge is 0.352 e. The van der Waals surface area contributed by atoms with E-state index in [1.807, 2.05) is 25.1 Å². The van der Waals surface area contributed by atoms with Crippen LogP contribution in [-0.4, -0.2) is 33.4 Å². The molecule has 3 aromatic rings. The molecule has 4 rings (SSSR count). The van der Waals surface area contributed by atoms with Crippen LogP contribution < -0.4 is 16.0 Å². The van der Waals surface area contributed by atoms with Crippen LogP contribution in [0.15, 0.2) is 36.7 Å². The van der Waals surface area contributed by atoms with E-state index >= 15 is 0 Å². The highest BCUT2D eigenvalue weighted by Gasteiger charge is 2.32. The number of hydrogen-bond donors (Lipinski definition) is 3. The summed E-state index contributed by atoms with van der Waals surface area (Å²) in [6, 6.07) is 6.62. The largest absolute Gasteiger partial charge is 0.433 e. The zero-order valence-electron chi connectivity index (χ0n) is 17.2. The summed E-state index contributed by atoms with van der Waals surface area (Å²) in [4.78, 5) is 24.1. The summed E-state index contributed by atoms with van der Waals surface area (Å²) >= 11 is 1.53. The summed E-state index contributed by atoms with van der Waals surface area (Å²) < 4.78 is 38.7. The Bertz CT molecular complexity index is 1120. The van der Waals surface area contributed by atoms with E-state index < -0.39 is 11.9 Å². The van der Waals surface area contributed by atoms with Gasteiger partial charge in [0.2, 0.25) is 11.9 Å². The Hall–Kier alpha value is -3.05. The Morgan fingerprint density at radius 3 is 2.84 bits per heavy atom. The normalized spacial score (nSPS) is 16.2. The lowest BCUT2D eigenvalue weighted by atomic mass is 10.1. The molecule has 0 radical (unpaired) electrons. The first-order valence-corrected chi connectivity index (χ1v) is 10.8. The third kappa shape index (κ3) is 5.60. The van der Waals surface area contributed by atoms with Gasteiger partial charge >= 0.3 is 6.18 Å². The van der Waals surface area contributed by atoms with Gasteiger partial charge in [0.05, 0.1) is 4.88 Å². The number of anilines is 2. The standard InChI is InChI=1S/C21H21F3N6OS/c1-12-6-13(8-15(7-12)29-20-26-5-4-17(30-20)21(22,23)24)16-10-27-19(32-16)11-25-9-14-2-3-18(31)28-14/h4-8,10,14,25H,2-3,9,11H2,1H3,(H,28,31)(H,26,29,30). The molecule has 1 amide bonds. The molecule has 168 valence electrons. The van der Waals surface area contributed by atoms with Crippen molar-refractivity contribution >= 4 is 28.9 Å². The van der Waals surface area contributed by atoms with Gasteiger partial charge in [-0.2, -0.15) is 13.2 Å². The molecule has 7 nitrogen and oxygen atoms in total. The molecule has 1 aliphatic heterocycles. The van der Waals surface area contributed by atoms with Gasteiger partial charge in [0.25, 0.3) is 0 Å². The van der Waals surface area contributed by atoms with Crippen molar-refractivity contribution in [1.29, 1.82) is 0 Å². The summed E-state index contributed by atoms with van der Waals surface area (Å²) in [7, 11) is 0. The number of carbonyl (C=O) groups excluding carboxylic acids is 1. The summed E-state index contributed by atoms with van der Waals surface area (Å²) in [5.41, 5.74) is 1.41. The quantitative estimate of drug-likeness (QED) is 0.491. The van der Waals surface area contributed by atoms with Crippen molar-refractivity contribution in [2.45, 2.75) is 38.5 Å². The van der Waals surface area contributed by atoms with E-state index in [9.17, 15) is 18.0 Å². The van der Waals surface area contributed by atoms with Crippen molar-refractivity contribution in [3.63, 3.8) is 0 Å². The molecule has 1 saturated heterocycles. The van der Waals surface area contributed by atoms with Crippen molar-refractivity contribution in [3.8, 4) is 10.4 Å². The zero-order chi connectivity index (χ0) is 22.7. The van der Waals surface area contributed by atoms with Gasteiger partial charge < -0.3 is 16.0 Å². The minimum absolute atomic E-state index is 0.0905. The molecule has 11 heteroatoms. The number of aryl methyl sites for hydroxylation is 1. The molecule has 2 aromatic heterocycles. The molecule has 1 fully saturated rings. The maximum atomic E-state index is 12.9. The number of aromatic nitrogens is 3. The first-order valence-electron chi connectivity index (χ1n) is 10.0. The van der Waals surface area contributed by atoms with Crippen LogP contribution in [0.3, 0.4) is 0 Å². The van der Waals surface area contributed by atoms with Crippen LogP contribution in [0.25, 0.3) is 10.4 Å². The second-order valence-corrected chi connectivity index (χ2v) is 8.64. The lowest BCUT2D eigenvalue weighted by molar-refractivity contribution is -0.141. The highest BCUT2D eigenvalue weighted by Crippen LogP contribution is 2.31. The van der Waals surface area contributed by atoms with Crippen LogP contribution in [0.1, 0.15) is 29.1 Å². The average Bonchev–Trinajstić information content (AvgIpc) is 3.36. The SMILES string of the molecule is Cc1cc(Nc2nccc(C(F)(F)F)n2)cc(-c2cnc(CNCC3CCC(=O)N3)s2)c1. The molecule has 0 saturated carbocycles. The van der Waals surface area contributed by atoms with Gasteiger partial charge in [-0.1, -0.05) is 6.07 Å². The Morgan fingerprint density at radius 2 is 2.09 bits per heavy atom. The Morgan fingerprint density at radius 1 is 1.25 bits per heavy atom. The van der Waals surface area contributed by atoms with Crippen LogP contribution in [0, 0.1) is 6.92 Å². The highest BCUT2D eigenvalue weighted by atomic mass is 32.1. The molecule has 0 spiro atoms. The number of nitrogens with zero attached hydrogens (tertiary/aromatic N) is 3. The predicted octanol–water partition coefficient (Wildman–Crippen LogP) is 4.04. The van der Waals surface area contributed by atoms with Gasteiger partial charge in [0.1, 0.15) is 10.7 Å². The van der Waals surface area contributed by atoms with Crippen molar-refractivity contribution in [2.24, 2.45) is 0 Å². The molecule has 1 aromatic carbocycles. The van der Waals surface area contributed by atoms with E-state index in [2.05, 4.69) is 30.9 Å². The van der Waals surface area contributed by atoms with Gasteiger partial charge in [-0.3, -0.25) is 4.79 Å². The molecule has 0 aliphatic carbocycles. The van der Waals surface area contributed by atoms with Gasteiger partial charge in [-0.25, -0.2) is 15.0 Å². The molecule has 3 N–H and O–H groups in total. The fraction of sp³-hybridized carbons (Fsp3) is 0.333. The Kier molecular flexibility index (Phi) is 6.38. The van der Waals surface area contributed by atoms with Crippen molar-refractivity contribution in [3.05, 3.63) is 52.9 Å². The second-order valence-electron chi connectivity index (χ2n) is 7.53. The summed E-state index contributed by atoms with van der Waals surface area (Å²) in [5.74, 6) is -0.0303. The number of halogens is 3. The molecule has 1 atom stereocenters. The van der Waals surface area contributed by atoms with Crippen LogP contribution in [0.4, 0.5) is 24.8 Å². The number of nitrogens with one attached hydrogen (secondary N) is 3. The molecule has 32 heavy (non-hydrogen) atoms. The van der Waals surface area contributed by atoms with E-state index in [-0.39, 0.29) is 17.9 Å². The van der Waals surface area contributed by atoms with Gasteiger partial charge in [0, 0.05) is 43.6 Å². The monoisotopic (exact) mass is 462 g/mol. The Labute approximate surface area is 186 Å². The molecule has 0 bridgehead atoms. The Balaban J connectivity index is 1.43. The van der Waals surface area contributed by atoms with E-state index in [0.29, 0.717) is 25.2 Å². The molecule has 1 unspecified atom stereocenters. The lowest BCUT2D eigenvalue weighted by Crippen LogP contribution is -2.35. The lowest BCUT2D eigenvalue weighted by Gasteiger charge is -2.10. The first-order chi connectivity index (χ1) is 15.3. The van der Waals surface area contributed by atoms with Gasteiger partial charge in [-0.05, 0) is 42.7 Å². The van der Waals surface area contributed by atoms with E-state index in [1.54, 1.807) is 6.20 Å². The fourth-order valence-corrected chi connectivity index (χ4v) is 4.29. The van der Waals surface area contributed by atoms with Crippen LogP contribution in [-0.2, 0) is 17.5 Å². The number of thiazole rings is 1. The number of rotatable bonds is 7. The number of benzene rings is 1. The minimum atomic E-state index is -4.53. The molecule has 3 heterocycles. The fourth-order valence-electron chi connectivity index (χ4n) is 3.41. The van der Waals surface area contributed by atoms with E-state index in [4.69, 9.17) is 0 Å². The third-order valence-corrected chi connectivity index (χ3v) is 5.92. The van der Waals surface area contributed by atoms with E-state index in [0.717, 1.165) is 39.7 Å². The highest BCUT2D eigenvalue weighted by molar-refractivity contribution is 7.15. The predicted molar refractivity (Wildman–Crippen MR) is 115 cm³/mol. The van der Waals surface area contributed by atoms with Crippen molar-refractivity contribution in [1.82, 2.24) is 25.6 Å². The first kappa shape index (κ1) is 22.2. The van der Waals surface area contributed by atoms with Crippen LogP contribution in [0.2, 0.25) is 0 Å². The van der Waals surface area contributed by atoms with Gasteiger partial charge in [-0.15, -0.1) is 11.3 Å². The number of hydrogen-bond acceptors (Lipinski definition) is 7. The molecular weight excluding hydrogens is 441 g/mol. The molecule has 1 aliphatic rings. The van der Waals surface area contributed by atoms with Crippen molar-refractivity contribution < 1.29 is 18.0 Å². The number of carbonyl (C=O) groups is 1. The number of amides is 1. The third-order valence-electron chi connectivity index (χ3n) is 4.87. The zero-order valence-corrected chi connectivity index (χ0v) is 18.0. The average molecular weight is 463 g/mol. The van der Waals surface area contributed by atoms with Crippen LogP contribution >= 0.6 is 11.3 Å². The number of alkyl halides is 3. The maximum absolute atomic E-state index is 12.9. The second kappa shape index (κ2) is 9.21. The summed E-state index contributed by atoms with van der Waals surface area (Å²) in [6.07, 6.45) is -0.271. The van der Waals surface area contributed by atoms with E-state index in [1.165, 1.54) is 11.3 Å². The van der Waals surface area contributed by atoms with Crippen molar-refractivity contribution in [2.75, 3.05) is 11.9 Å².